The monoisotopic (exact) mass is 280 g/mol. The molecule has 5 nitrogen and oxygen atoms in total. The number of hydrogen-bond donors (Lipinski definition) is 1. The van der Waals surface area contributed by atoms with E-state index in [4.69, 9.17) is 5.11 Å². The van der Waals surface area contributed by atoms with Gasteiger partial charge in [-0.2, -0.15) is 0 Å². The van der Waals surface area contributed by atoms with Gasteiger partial charge in [-0.15, -0.1) is 0 Å². The highest BCUT2D eigenvalue weighted by molar-refractivity contribution is 5.88. The van der Waals surface area contributed by atoms with Gasteiger partial charge in [0.1, 0.15) is 11.4 Å². The number of allylic oxidation sites excluding steroid dienone is 5. The number of hydrogen-bond acceptors (Lipinski definition) is 2. The fourth-order valence-corrected chi connectivity index (χ4v) is 1.73. The molecule has 0 aliphatic carbocycles. The summed E-state index contributed by atoms with van der Waals surface area (Å²) in [5.41, 5.74) is -0.0111. The average molecular weight is 280 g/mol. The van der Waals surface area contributed by atoms with Crippen molar-refractivity contribution >= 4 is 5.97 Å². The number of halogens is 1. The first-order valence-corrected chi connectivity index (χ1v) is 5.97. The van der Waals surface area contributed by atoms with Gasteiger partial charge in [0.2, 0.25) is 0 Å². The summed E-state index contributed by atoms with van der Waals surface area (Å²) in [6.07, 6.45) is 3.98. The van der Waals surface area contributed by atoms with Crippen LogP contribution >= 0.6 is 0 Å². The van der Waals surface area contributed by atoms with Crippen LogP contribution in [0.1, 0.15) is 23.0 Å². The maximum atomic E-state index is 12.9. The second-order valence-corrected chi connectivity index (χ2v) is 4.32. The van der Waals surface area contributed by atoms with E-state index in [1.54, 1.807) is 20.9 Å². The molecule has 0 spiro atoms. The Balaban J connectivity index is 3.09. The van der Waals surface area contributed by atoms with E-state index in [0.29, 0.717) is 11.3 Å². The fraction of sp³-hybridized carbons (Fsp3) is 0.286. The molecule has 20 heavy (non-hydrogen) atoms. The van der Waals surface area contributed by atoms with Crippen LogP contribution in [0.3, 0.4) is 0 Å². The normalized spacial score (nSPS) is 12.1. The molecule has 6 heteroatoms. The molecule has 1 N–H and O–H groups in total. The number of carboxylic acid groups (broad SMARTS) is 1. The minimum atomic E-state index is -1.26. The third-order valence-corrected chi connectivity index (χ3v) is 2.98. The summed E-state index contributed by atoms with van der Waals surface area (Å²) in [6.45, 7) is 6.93. The summed E-state index contributed by atoms with van der Waals surface area (Å²) in [6, 6.07) is 0. The molecule has 0 fully saturated rings. The lowest BCUT2D eigenvalue weighted by Gasteiger charge is -2.08. The van der Waals surface area contributed by atoms with Gasteiger partial charge in [-0.3, -0.25) is 9.48 Å². The van der Waals surface area contributed by atoms with Gasteiger partial charge < -0.3 is 5.11 Å². The number of nitrogens with zero attached hydrogens (tertiary/aromatic N) is 2. The van der Waals surface area contributed by atoms with Crippen LogP contribution in [0.25, 0.3) is 0 Å². The second-order valence-electron chi connectivity index (χ2n) is 4.32. The molecule has 0 amide bonds. The second kappa shape index (κ2) is 6.18. The van der Waals surface area contributed by atoms with E-state index in [9.17, 15) is 14.0 Å². The lowest BCUT2D eigenvalue weighted by Crippen LogP contribution is -2.24. The van der Waals surface area contributed by atoms with Crippen LogP contribution in [0.5, 0.6) is 0 Å². The zero-order valence-corrected chi connectivity index (χ0v) is 11.7. The molecule has 0 unspecified atom stereocenters. The van der Waals surface area contributed by atoms with Gasteiger partial charge in [-0.1, -0.05) is 18.7 Å². The van der Waals surface area contributed by atoms with Gasteiger partial charge in [0.25, 0.3) is 5.56 Å². The lowest BCUT2D eigenvalue weighted by atomic mass is 10.2. The van der Waals surface area contributed by atoms with Crippen molar-refractivity contribution < 1.29 is 14.3 Å². The van der Waals surface area contributed by atoms with Crippen molar-refractivity contribution in [1.29, 1.82) is 0 Å². The molecule has 0 saturated carbocycles. The van der Waals surface area contributed by atoms with Crippen molar-refractivity contribution in [1.82, 2.24) is 9.36 Å². The molecule has 0 radical (unpaired) electrons. The summed E-state index contributed by atoms with van der Waals surface area (Å²) in [5.74, 6) is -1.67. The smallest absolute Gasteiger partial charge is 0.343 e. The Morgan fingerprint density at radius 2 is 2.05 bits per heavy atom. The summed E-state index contributed by atoms with van der Waals surface area (Å²) in [4.78, 5) is 23.0. The van der Waals surface area contributed by atoms with Gasteiger partial charge >= 0.3 is 5.97 Å². The van der Waals surface area contributed by atoms with E-state index < -0.39 is 17.4 Å². The van der Waals surface area contributed by atoms with E-state index in [1.807, 2.05) is 0 Å². The molecule has 1 aromatic rings. The lowest BCUT2D eigenvalue weighted by molar-refractivity contribution is 0.0694. The molecule has 0 bridgehead atoms. The third kappa shape index (κ3) is 3.14. The molecule has 1 aromatic heterocycles. The highest BCUT2D eigenvalue weighted by atomic mass is 19.1. The molecule has 1 heterocycles. The van der Waals surface area contributed by atoms with E-state index in [2.05, 4.69) is 6.58 Å². The number of aromatic carboxylic acids is 1. The molecule has 0 saturated heterocycles. The van der Waals surface area contributed by atoms with Crippen LogP contribution in [0.15, 0.2) is 41.0 Å². The minimum Gasteiger partial charge on any atom is -0.477 e. The van der Waals surface area contributed by atoms with Gasteiger partial charge in [0.15, 0.2) is 0 Å². The van der Waals surface area contributed by atoms with Gasteiger partial charge in [-0.25, -0.2) is 13.9 Å². The summed E-state index contributed by atoms with van der Waals surface area (Å²) in [5, 5.41) is 9.01. The molecule has 108 valence electrons. The van der Waals surface area contributed by atoms with Gasteiger partial charge in [0.05, 0.1) is 12.2 Å². The topological polar surface area (TPSA) is 64.2 Å². The standard InChI is InChI=1S/C14H17FN2O3/c1-5-11(15)7-6-9(2)8-17-13(18)12(14(19)20)10(3)16(17)4/h5-7H,2,8H2,1,3-4H3,(H,19,20)/b7-6-,11-5+. The number of carboxylic acids is 1. The van der Waals surface area contributed by atoms with Crippen molar-refractivity contribution in [2.24, 2.45) is 7.05 Å². The van der Waals surface area contributed by atoms with E-state index in [-0.39, 0.29) is 12.1 Å². The van der Waals surface area contributed by atoms with Crippen LogP contribution < -0.4 is 5.56 Å². The molecule has 0 aromatic carbocycles. The molecule has 0 atom stereocenters. The Bertz CT molecular complexity index is 663. The first-order valence-electron chi connectivity index (χ1n) is 5.97. The first kappa shape index (κ1) is 15.7. The Labute approximate surface area is 115 Å². The summed E-state index contributed by atoms with van der Waals surface area (Å²) in [7, 11) is 1.59. The number of aromatic nitrogens is 2. The van der Waals surface area contributed by atoms with Crippen molar-refractivity contribution in [2.75, 3.05) is 0 Å². The predicted molar refractivity (Wildman–Crippen MR) is 74.5 cm³/mol. The van der Waals surface area contributed by atoms with E-state index in [1.165, 1.54) is 27.6 Å². The Kier molecular flexibility index (Phi) is 4.85. The van der Waals surface area contributed by atoms with Crippen LogP contribution in [0.2, 0.25) is 0 Å². The van der Waals surface area contributed by atoms with Crippen molar-refractivity contribution in [3.8, 4) is 0 Å². The van der Waals surface area contributed by atoms with Crippen molar-refractivity contribution in [2.45, 2.75) is 20.4 Å². The zero-order chi connectivity index (χ0) is 15.4. The number of rotatable bonds is 5. The SMILES string of the molecule is C=C(/C=C\C(F)=C/C)Cn1c(=O)c(C(=O)O)c(C)n1C. The quantitative estimate of drug-likeness (QED) is 0.841. The minimum absolute atomic E-state index is 0.0942. The van der Waals surface area contributed by atoms with Gasteiger partial charge in [-0.05, 0) is 25.5 Å². The largest absolute Gasteiger partial charge is 0.477 e. The predicted octanol–water partition coefficient (Wildman–Crippen LogP) is 2.18. The van der Waals surface area contributed by atoms with Crippen molar-refractivity contribution in [3.05, 3.63) is 57.8 Å². The Hall–Kier alpha value is -2.37. The molecular formula is C14H17FN2O3. The highest BCUT2D eigenvalue weighted by Gasteiger charge is 2.20. The van der Waals surface area contributed by atoms with Crippen LogP contribution in [0, 0.1) is 6.92 Å². The van der Waals surface area contributed by atoms with E-state index >= 15 is 0 Å². The Morgan fingerprint density at radius 1 is 1.45 bits per heavy atom. The third-order valence-electron chi connectivity index (χ3n) is 2.98. The van der Waals surface area contributed by atoms with Crippen LogP contribution in [0.4, 0.5) is 4.39 Å². The van der Waals surface area contributed by atoms with E-state index in [0.717, 1.165) is 0 Å². The summed E-state index contributed by atoms with van der Waals surface area (Å²) < 4.78 is 15.6. The first-order chi connectivity index (χ1) is 9.29. The molecule has 0 aliphatic heterocycles. The zero-order valence-electron chi connectivity index (χ0n) is 11.7. The maximum Gasteiger partial charge on any atom is 0.343 e. The number of carbonyl (C=O) groups is 1. The Morgan fingerprint density at radius 3 is 2.50 bits per heavy atom. The van der Waals surface area contributed by atoms with Crippen molar-refractivity contribution in [3.63, 3.8) is 0 Å². The van der Waals surface area contributed by atoms with Crippen LogP contribution in [-0.2, 0) is 13.6 Å². The average Bonchev–Trinajstić information content (AvgIpc) is 2.59. The highest BCUT2D eigenvalue weighted by Crippen LogP contribution is 2.07. The molecule has 1 rings (SSSR count). The van der Waals surface area contributed by atoms with Gasteiger partial charge in [0, 0.05) is 7.05 Å². The molecular weight excluding hydrogens is 263 g/mol. The molecule has 0 aliphatic rings. The summed E-state index contributed by atoms with van der Waals surface area (Å²) >= 11 is 0. The fourth-order valence-electron chi connectivity index (χ4n) is 1.73. The maximum absolute atomic E-state index is 12.9. The van der Waals surface area contributed by atoms with Crippen LogP contribution in [-0.4, -0.2) is 20.4 Å².